The van der Waals surface area contributed by atoms with Crippen molar-refractivity contribution in [3.8, 4) is 0 Å². The summed E-state index contributed by atoms with van der Waals surface area (Å²) in [7, 11) is -3.08. The molecule has 0 aliphatic heterocycles. The Kier molecular flexibility index (Phi) is 4.93. The first kappa shape index (κ1) is 15.2. The normalized spacial score (nSPS) is 13.9. The third kappa shape index (κ3) is 4.42. The Hall–Kier alpha value is -0.870. The number of aryl methyl sites for hydroxylation is 2. The number of hydrogen-bond acceptors (Lipinski definition) is 3. The molecule has 0 amide bonds. The van der Waals surface area contributed by atoms with Crippen LogP contribution >= 0.6 is 0 Å². The molecule has 0 aromatic heterocycles. The van der Waals surface area contributed by atoms with Crippen LogP contribution in [0.15, 0.2) is 18.2 Å². The van der Waals surface area contributed by atoms with Gasteiger partial charge in [-0.3, -0.25) is 0 Å². The maximum Gasteiger partial charge on any atom is 0.152 e. The second-order valence-electron chi connectivity index (χ2n) is 5.44. The molecule has 1 aromatic carbocycles. The zero-order chi connectivity index (χ0) is 13.9. The summed E-state index contributed by atoms with van der Waals surface area (Å²) in [6.45, 7) is 7.79. The van der Waals surface area contributed by atoms with E-state index in [9.17, 15) is 8.42 Å². The fraction of sp³-hybridized carbons (Fsp3) is 0.571. The first-order valence-corrected chi connectivity index (χ1v) is 8.06. The molecule has 0 heterocycles. The highest BCUT2D eigenvalue weighted by molar-refractivity contribution is 7.91. The summed E-state index contributed by atoms with van der Waals surface area (Å²) in [5.74, 6) is 0.363. The van der Waals surface area contributed by atoms with E-state index in [1.165, 1.54) is 0 Å². The minimum absolute atomic E-state index is 0.0229. The highest BCUT2D eigenvalue weighted by Gasteiger charge is 2.20. The molecule has 0 aliphatic rings. The minimum Gasteiger partial charge on any atom is -0.323 e. The summed E-state index contributed by atoms with van der Waals surface area (Å²) in [4.78, 5) is 0. The summed E-state index contributed by atoms with van der Waals surface area (Å²) in [6, 6.07) is 5.50. The number of nitrogens with two attached hydrogens (primary N) is 1. The molecule has 2 N–H and O–H groups in total. The lowest BCUT2D eigenvalue weighted by Gasteiger charge is -2.16. The van der Waals surface area contributed by atoms with Crippen LogP contribution in [0.1, 0.15) is 36.6 Å². The Balaban J connectivity index is 2.85. The molecule has 102 valence electrons. The molecule has 1 unspecified atom stereocenters. The van der Waals surface area contributed by atoms with Crippen molar-refractivity contribution in [1.82, 2.24) is 0 Å². The largest absolute Gasteiger partial charge is 0.323 e. The molecular weight excluding hydrogens is 246 g/mol. The monoisotopic (exact) mass is 269 g/mol. The lowest BCUT2D eigenvalue weighted by Crippen LogP contribution is -2.25. The van der Waals surface area contributed by atoms with Crippen LogP contribution in [0.5, 0.6) is 0 Å². The van der Waals surface area contributed by atoms with Gasteiger partial charge in [0.05, 0.1) is 11.5 Å². The molecule has 0 saturated carbocycles. The van der Waals surface area contributed by atoms with Crippen molar-refractivity contribution >= 4 is 9.84 Å². The average molecular weight is 269 g/mol. The van der Waals surface area contributed by atoms with E-state index in [2.05, 4.69) is 0 Å². The van der Waals surface area contributed by atoms with Gasteiger partial charge in [0.25, 0.3) is 0 Å². The van der Waals surface area contributed by atoms with E-state index in [-0.39, 0.29) is 17.4 Å². The molecular formula is C14H23NO2S. The van der Waals surface area contributed by atoms with Crippen LogP contribution < -0.4 is 5.73 Å². The van der Waals surface area contributed by atoms with Gasteiger partial charge in [-0.1, -0.05) is 37.6 Å². The van der Waals surface area contributed by atoms with Gasteiger partial charge in [0.2, 0.25) is 0 Å². The van der Waals surface area contributed by atoms with Crippen LogP contribution in [0, 0.1) is 19.8 Å². The van der Waals surface area contributed by atoms with Crippen LogP contribution in [0.2, 0.25) is 0 Å². The highest BCUT2D eigenvalue weighted by Crippen LogP contribution is 2.19. The quantitative estimate of drug-likeness (QED) is 0.892. The molecule has 0 aliphatic carbocycles. The van der Waals surface area contributed by atoms with E-state index in [4.69, 9.17) is 5.73 Å². The predicted octanol–water partition coefficient (Wildman–Crippen LogP) is 2.37. The van der Waals surface area contributed by atoms with Crippen LogP contribution in [0.4, 0.5) is 0 Å². The fourth-order valence-electron chi connectivity index (χ4n) is 2.18. The van der Waals surface area contributed by atoms with Gasteiger partial charge in [-0.25, -0.2) is 8.42 Å². The zero-order valence-electron chi connectivity index (χ0n) is 11.6. The van der Waals surface area contributed by atoms with E-state index in [1.54, 1.807) is 0 Å². The molecule has 0 radical (unpaired) electrons. The van der Waals surface area contributed by atoms with Crippen LogP contribution in [0.3, 0.4) is 0 Å². The van der Waals surface area contributed by atoms with Crippen molar-refractivity contribution in [1.29, 1.82) is 0 Å². The average Bonchev–Trinajstić information content (AvgIpc) is 2.13. The first-order chi connectivity index (χ1) is 8.21. The first-order valence-electron chi connectivity index (χ1n) is 6.24. The Morgan fingerprint density at radius 2 is 1.78 bits per heavy atom. The van der Waals surface area contributed by atoms with E-state index >= 15 is 0 Å². The van der Waals surface area contributed by atoms with Crippen molar-refractivity contribution in [2.45, 2.75) is 33.7 Å². The van der Waals surface area contributed by atoms with Gasteiger partial charge < -0.3 is 5.73 Å². The Labute approximate surface area is 110 Å². The summed E-state index contributed by atoms with van der Waals surface area (Å²) >= 11 is 0. The maximum absolute atomic E-state index is 11.9. The fourth-order valence-corrected chi connectivity index (χ4v) is 4.06. The third-order valence-corrected chi connectivity index (χ3v) is 4.89. The summed E-state index contributed by atoms with van der Waals surface area (Å²) in [5.41, 5.74) is 9.17. The Morgan fingerprint density at radius 3 is 2.28 bits per heavy atom. The van der Waals surface area contributed by atoms with Crippen molar-refractivity contribution in [2.24, 2.45) is 11.7 Å². The predicted molar refractivity (Wildman–Crippen MR) is 76.3 cm³/mol. The van der Waals surface area contributed by atoms with E-state index < -0.39 is 15.9 Å². The molecule has 0 bridgehead atoms. The number of sulfone groups is 1. The second-order valence-corrected chi connectivity index (χ2v) is 7.59. The van der Waals surface area contributed by atoms with Crippen LogP contribution in [-0.2, 0) is 9.84 Å². The summed E-state index contributed by atoms with van der Waals surface area (Å²) < 4.78 is 23.8. The van der Waals surface area contributed by atoms with Crippen LogP contribution in [-0.4, -0.2) is 19.9 Å². The standard InChI is InChI=1S/C14H23NO2S/c1-10(2)8-18(16,17)9-14(15)13-6-5-11(3)7-12(13)4/h5-7,10,14H,8-9,15H2,1-4H3. The molecule has 4 heteroatoms. The van der Waals surface area contributed by atoms with Crippen molar-refractivity contribution in [3.05, 3.63) is 34.9 Å². The second kappa shape index (κ2) is 5.85. The Morgan fingerprint density at radius 1 is 1.17 bits per heavy atom. The van der Waals surface area contributed by atoms with Gasteiger partial charge >= 0.3 is 0 Å². The van der Waals surface area contributed by atoms with Gasteiger partial charge in [0.15, 0.2) is 9.84 Å². The molecule has 1 aromatic rings. The van der Waals surface area contributed by atoms with Crippen LogP contribution in [0.25, 0.3) is 0 Å². The van der Waals surface area contributed by atoms with E-state index in [0.717, 1.165) is 16.7 Å². The van der Waals surface area contributed by atoms with E-state index in [0.29, 0.717) is 0 Å². The van der Waals surface area contributed by atoms with Gasteiger partial charge in [-0.15, -0.1) is 0 Å². The number of rotatable bonds is 5. The van der Waals surface area contributed by atoms with Gasteiger partial charge in [0, 0.05) is 6.04 Å². The molecule has 0 fully saturated rings. The van der Waals surface area contributed by atoms with Crippen molar-refractivity contribution in [2.75, 3.05) is 11.5 Å². The minimum atomic E-state index is -3.08. The van der Waals surface area contributed by atoms with Crippen molar-refractivity contribution in [3.63, 3.8) is 0 Å². The maximum atomic E-state index is 11.9. The molecule has 1 rings (SSSR count). The summed E-state index contributed by atoms with van der Waals surface area (Å²) in [5, 5.41) is 0. The molecule has 18 heavy (non-hydrogen) atoms. The van der Waals surface area contributed by atoms with Crippen molar-refractivity contribution < 1.29 is 8.42 Å². The van der Waals surface area contributed by atoms with E-state index in [1.807, 2.05) is 45.9 Å². The molecule has 1 atom stereocenters. The lowest BCUT2D eigenvalue weighted by atomic mass is 10.0. The summed E-state index contributed by atoms with van der Waals surface area (Å²) in [6.07, 6.45) is 0. The van der Waals surface area contributed by atoms with Gasteiger partial charge in [-0.2, -0.15) is 0 Å². The number of benzene rings is 1. The SMILES string of the molecule is Cc1ccc(C(N)CS(=O)(=O)CC(C)C)c(C)c1. The Bertz CT molecular complexity index is 507. The van der Waals surface area contributed by atoms with Gasteiger partial charge in [0.1, 0.15) is 0 Å². The third-order valence-electron chi connectivity index (χ3n) is 2.85. The lowest BCUT2D eigenvalue weighted by molar-refractivity contribution is 0.575. The molecule has 0 saturated heterocycles. The topological polar surface area (TPSA) is 60.2 Å². The highest BCUT2D eigenvalue weighted by atomic mass is 32.2. The van der Waals surface area contributed by atoms with Gasteiger partial charge in [-0.05, 0) is 30.9 Å². The molecule has 3 nitrogen and oxygen atoms in total. The zero-order valence-corrected chi connectivity index (χ0v) is 12.4. The molecule has 0 spiro atoms. The number of hydrogen-bond donors (Lipinski definition) is 1. The smallest absolute Gasteiger partial charge is 0.152 e.